The third-order valence-electron chi connectivity index (χ3n) is 2.08. The fourth-order valence-electron chi connectivity index (χ4n) is 1.42. The average molecular weight is 188 g/mol. The summed E-state index contributed by atoms with van der Waals surface area (Å²) in [6.07, 6.45) is 1.54. The number of aromatic nitrogens is 3. The van der Waals surface area contributed by atoms with E-state index >= 15 is 0 Å². The van der Waals surface area contributed by atoms with Gasteiger partial charge < -0.3 is 5.73 Å². The highest BCUT2D eigenvalue weighted by Gasteiger charge is 2.03. The number of hydrogen-bond acceptors (Lipinski definition) is 3. The summed E-state index contributed by atoms with van der Waals surface area (Å²) in [7, 11) is 0. The van der Waals surface area contributed by atoms with E-state index in [0.29, 0.717) is 5.82 Å². The third-order valence-corrected chi connectivity index (χ3v) is 2.08. The van der Waals surface area contributed by atoms with Crippen molar-refractivity contribution in [2.75, 3.05) is 5.73 Å². The lowest BCUT2D eigenvalue weighted by Crippen LogP contribution is -2.01. The summed E-state index contributed by atoms with van der Waals surface area (Å²) in [5, 5.41) is 8.11. The van der Waals surface area contributed by atoms with Crippen LogP contribution in [0, 0.1) is 13.8 Å². The van der Waals surface area contributed by atoms with E-state index in [1.54, 1.807) is 11.0 Å². The summed E-state index contributed by atoms with van der Waals surface area (Å²) >= 11 is 0. The van der Waals surface area contributed by atoms with Crippen LogP contribution < -0.4 is 5.73 Å². The van der Waals surface area contributed by atoms with E-state index in [0.717, 1.165) is 11.3 Å². The number of anilines is 1. The summed E-state index contributed by atoms with van der Waals surface area (Å²) in [6, 6.07) is 6.11. The van der Waals surface area contributed by atoms with Gasteiger partial charge in [-0.15, -0.1) is 9.90 Å². The highest BCUT2D eigenvalue weighted by molar-refractivity contribution is 5.41. The number of nitrogen functional groups attached to an aromatic ring is 1. The highest BCUT2D eigenvalue weighted by Crippen LogP contribution is 2.13. The summed E-state index contributed by atoms with van der Waals surface area (Å²) in [4.78, 5) is 1.55. The van der Waals surface area contributed by atoms with E-state index in [9.17, 15) is 0 Å². The molecule has 0 bridgehead atoms. The number of rotatable bonds is 1. The molecule has 0 spiro atoms. The lowest BCUT2D eigenvalue weighted by Gasteiger charge is -2.04. The van der Waals surface area contributed by atoms with Crippen LogP contribution in [0.25, 0.3) is 5.69 Å². The van der Waals surface area contributed by atoms with E-state index in [1.807, 2.05) is 19.1 Å². The first-order chi connectivity index (χ1) is 6.66. The van der Waals surface area contributed by atoms with Gasteiger partial charge in [-0.2, -0.15) is 5.10 Å². The van der Waals surface area contributed by atoms with Gasteiger partial charge in [0.1, 0.15) is 0 Å². The predicted molar refractivity (Wildman–Crippen MR) is 55.2 cm³/mol. The second kappa shape index (κ2) is 3.14. The van der Waals surface area contributed by atoms with Gasteiger partial charge in [-0.1, -0.05) is 17.7 Å². The molecule has 0 aliphatic rings. The highest BCUT2D eigenvalue weighted by atomic mass is 15.5. The van der Waals surface area contributed by atoms with Crippen LogP contribution in [0.15, 0.2) is 24.4 Å². The Morgan fingerprint density at radius 1 is 1.29 bits per heavy atom. The molecular weight excluding hydrogens is 176 g/mol. The number of benzene rings is 1. The largest absolute Gasteiger partial charge is 0.381 e. The summed E-state index contributed by atoms with van der Waals surface area (Å²) in [5.41, 5.74) is 8.83. The molecule has 0 radical (unpaired) electrons. The molecule has 2 N–H and O–H groups in total. The summed E-state index contributed by atoms with van der Waals surface area (Å²) < 4.78 is 0. The third kappa shape index (κ3) is 1.46. The van der Waals surface area contributed by atoms with Crippen LogP contribution >= 0.6 is 0 Å². The van der Waals surface area contributed by atoms with Gasteiger partial charge in [-0.25, -0.2) is 0 Å². The van der Waals surface area contributed by atoms with Crippen molar-refractivity contribution in [3.8, 4) is 5.69 Å². The molecule has 72 valence electrons. The molecule has 2 rings (SSSR count). The lowest BCUT2D eigenvalue weighted by molar-refractivity contribution is 0.749. The minimum absolute atomic E-state index is 0.435. The van der Waals surface area contributed by atoms with E-state index in [1.165, 1.54) is 5.56 Å². The quantitative estimate of drug-likeness (QED) is 0.737. The van der Waals surface area contributed by atoms with Crippen molar-refractivity contribution in [3.05, 3.63) is 35.5 Å². The van der Waals surface area contributed by atoms with Gasteiger partial charge in [0.05, 0.1) is 11.9 Å². The number of nitrogens with zero attached hydrogens (tertiary/aromatic N) is 3. The maximum absolute atomic E-state index is 5.50. The first-order valence-electron chi connectivity index (χ1n) is 4.42. The minimum atomic E-state index is 0.435. The number of hydrogen-bond donors (Lipinski definition) is 1. The Bertz CT molecular complexity index is 459. The molecule has 1 aromatic heterocycles. The van der Waals surface area contributed by atoms with E-state index < -0.39 is 0 Å². The second-order valence-electron chi connectivity index (χ2n) is 3.35. The zero-order chi connectivity index (χ0) is 10.1. The zero-order valence-electron chi connectivity index (χ0n) is 8.23. The molecule has 0 unspecified atom stereocenters. The van der Waals surface area contributed by atoms with E-state index in [-0.39, 0.29) is 0 Å². The fraction of sp³-hybridized carbons (Fsp3) is 0.200. The molecule has 4 nitrogen and oxygen atoms in total. The predicted octanol–water partition coefficient (Wildman–Crippen LogP) is 1.47. The molecule has 14 heavy (non-hydrogen) atoms. The van der Waals surface area contributed by atoms with Crippen LogP contribution in [-0.2, 0) is 0 Å². The minimum Gasteiger partial charge on any atom is -0.381 e. The van der Waals surface area contributed by atoms with Crippen molar-refractivity contribution in [1.82, 2.24) is 15.0 Å². The monoisotopic (exact) mass is 188 g/mol. The van der Waals surface area contributed by atoms with Crippen LogP contribution in [0.1, 0.15) is 11.1 Å². The van der Waals surface area contributed by atoms with Crippen molar-refractivity contribution in [2.45, 2.75) is 13.8 Å². The van der Waals surface area contributed by atoms with Gasteiger partial charge in [0, 0.05) is 0 Å². The van der Waals surface area contributed by atoms with Gasteiger partial charge in [0.25, 0.3) is 0 Å². The van der Waals surface area contributed by atoms with E-state index in [4.69, 9.17) is 5.73 Å². The average Bonchev–Trinajstić information content (AvgIpc) is 2.51. The van der Waals surface area contributed by atoms with Crippen LogP contribution in [0.3, 0.4) is 0 Å². The lowest BCUT2D eigenvalue weighted by atomic mass is 10.1. The van der Waals surface area contributed by atoms with Gasteiger partial charge in [0.15, 0.2) is 5.82 Å². The Morgan fingerprint density at radius 2 is 2.07 bits per heavy atom. The van der Waals surface area contributed by atoms with Crippen molar-refractivity contribution < 1.29 is 0 Å². The Balaban J connectivity index is 2.52. The Kier molecular flexibility index (Phi) is 1.96. The molecule has 0 aliphatic carbocycles. The molecule has 0 saturated heterocycles. The maximum Gasteiger partial charge on any atom is 0.166 e. The maximum atomic E-state index is 5.50. The van der Waals surface area contributed by atoms with Gasteiger partial charge >= 0.3 is 0 Å². The Morgan fingerprint density at radius 3 is 2.64 bits per heavy atom. The molecule has 0 saturated carbocycles. The standard InChI is InChI=1S/C10H12N4/c1-7-3-4-9(8(2)5-7)14-12-6-10(11)13-14/h3-6H,1-2H3,(H2,11,13). The molecule has 0 fully saturated rings. The fourth-order valence-corrected chi connectivity index (χ4v) is 1.42. The first-order valence-corrected chi connectivity index (χ1v) is 4.42. The molecule has 1 aromatic carbocycles. The Labute approximate surface area is 82.4 Å². The van der Waals surface area contributed by atoms with Crippen molar-refractivity contribution in [1.29, 1.82) is 0 Å². The molecule has 4 heteroatoms. The SMILES string of the molecule is Cc1ccc(-n2ncc(N)n2)c(C)c1. The summed E-state index contributed by atoms with van der Waals surface area (Å²) in [5.74, 6) is 0.435. The first kappa shape index (κ1) is 8.74. The van der Waals surface area contributed by atoms with Crippen molar-refractivity contribution in [2.24, 2.45) is 0 Å². The van der Waals surface area contributed by atoms with Crippen molar-refractivity contribution >= 4 is 5.82 Å². The Hall–Kier alpha value is -1.84. The smallest absolute Gasteiger partial charge is 0.166 e. The van der Waals surface area contributed by atoms with Crippen LogP contribution in [0.5, 0.6) is 0 Å². The zero-order valence-corrected chi connectivity index (χ0v) is 8.23. The summed E-state index contributed by atoms with van der Waals surface area (Å²) in [6.45, 7) is 4.09. The molecular formula is C10H12N4. The van der Waals surface area contributed by atoms with Crippen LogP contribution in [0.2, 0.25) is 0 Å². The number of nitrogens with two attached hydrogens (primary N) is 1. The molecule has 0 atom stereocenters. The van der Waals surface area contributed by atoms with Gasteiger partial charge in [-0.3, -0.25) is 0 Å². The van der Waals surface area contributed by atoms with Crippen LogP contribution in [-0.4, -0.2) is 15.0 Å². The molecule has 2 aromatic rings. The molecule has 1 heterocycles. The molecule has 0 aliphatic heterocycles. The number of aryl methyl sites for hydroxylation is 2. The second-order valence-corrected chi connectivity index (χ2v) is 3.35. The normalized spacial score (nSPS) is 10.4. The van der Waals surface area contributed by atoms with Gasteiger partial charge in [-0.05, 0) is 25.5 Å². The topological polar surface area (TPSA) is 56.7 Å². The van der Waals surface area contributed by atoms with Gasteiger partial charge in [0.2, 0.25) is 0 Å². The van der Waals surface area contributed by atoms with Crippen LogP contribution in [0.4, 0.5) is 5.82 Å². The molecule has 0 amide bonds. The van der Waals surface area contributed by atoms with E-state index in [2.05, 4.69) is 23.2 Å². The van der Waals surface area contributed by atoms with Crippen molar-refractivity contribution in [3.63, 3.8) is 0 Å².